The van der Waals surface area contributed by atoms with Crippen molar-refractivity contribution in [2.24, 2.45) is 0 Å². The van der Waals surface area contributed by atoms with Gasteiger partial charge in [-0.2, -0.15) is 0 Å². The molecule has 4 N–H and O–H groups in total. The molecule has 0 radical (unpaired) electrons. The molecular formula is C23H27N5O2S. The van der Waals surface area contributed by atoms with Crippen molar-refractivity contribution in [1.29, 1.82) is 0 Å². The summed E-state index contributed by atoms with van der Waals surface area (Å²) < 4.78 is 1.05. The lowest BCUT2D eigenvalue weighted by atomic mass is 10.1. The number of nitrogens with two attached hydrogens (primary N) is 1. The van der Waals surface area contributed by atoms with Crippen LogP contribution in [0.1, 0.15) is 23.3 Å². The van der Waals surface area contributed by atoms with Gasteiger partial charge in [-0.1, -0.05) is 30.3 Å². The zero-order valence-electron chi connectivity index (χ0n) is 17.3. The Kier molecular flexibility index (Phi) is 6.79. The van der Waals surface area contributed by atoms with E-state index < -0.39 is 6.04 Å². The first kappa shape index (κ1) is 21.3. The molecule has 0 spiro atoms. The molecule has 162 valence electrons. The van der Waals surface area contributed by atoms with Gasteiger partial charge in [0.25, 0.3) is 0 Å². The van der Waals surface area contributed by atoms with Gasteiger partial charge in [-0.15, -0.1) is 11.3 Å². The molecule has 1 aromatic carbocycles. The van der Waals surface area contributed by atoms with Crippen molar-refractivity contribution in [3.05, 3.63) is 59.1 Å². The Morgan fingerprint density at radius 1 is 1.23 bits per heavy atom. The average molecular weight is 438 g/mol. The zero-order chi connectivity index (χ0) is 21.6. The number of aromatic nitrogens is 1. The minimum Gasteiger partial charge on any atom is -0.383 e. The van der Waals surface area contributed by atoms with Gasteiger partial charge in [0.2, 0.25) is 11.8 Å². The van der Waals surface area contributed by atoms with Crippen molar-refractivity contribution in [2.75, 3.05) is 25.4 Å². The SMILES string of the molecule is Nc1nccc2sc(CNC(=O)[C@@H]3CCCN3C(=O)CNCCc3ccccc3)cc12. The second-order valence-corrected chi connectivity index (χ2v) is 8.86. The minimum atomic E-state index is -0.399. The summed E-state index contributed by atoms with van der Waals surface area (Å²) in [5.74, 6) is 0.378. The zero-order valence-corrected chi connectivity index (χ0v) is 18.2. The number of nitrogens with zero attached hydrogens (tertiary/aromatic N) is 2. The highest BCUT2D eigenvalue weighted by Gasteiger charge is 2.33. The smallest absolute Gasteiger partial charge is 0.243 e. The van der Waals surface area contributed by atoms with Gasteiger partial charge < -0.3 is 21.3 Å². The van der Waals surface area contributed by atoms with Gasteiger partial charge in [0, 0.05) is 27.7 Å². The van der Waals surface area contributed by atoms with Crippen LogP contribution in [0.4, 0.5) is 5.82 Å². The van der Waals surface area contributed by atoms with Crippen LogP contribution in [0.15, 0.2) is 48.7 Å². The number of hydrogen-bond acceptors (Lipinski definition) is 6. The third kappa shape index (κ3) is 5.21. The van der Waals surface area contributed by atoms with Crippen LogP contribution in [0, 0.1) is 0 Å². The van der Waals surface area contributed by atoms with E-state index in [1.807, 2.05) is 30.3 Å². The minimum absolute atomic E-state index is 0.0218. The molecule has 4 rings (SSSR count). The number of amides is 2. The molecule has 3 heterocycles. The largest absolute Gasteiger partial charge is 0.383 e. The molecule has 2 amide bonds. The fourth-order valence-electron chi connectivity index (χ4n) is 3.93. The van der Waals surface area contributed by atoms with Crippen LogP contribution in [-0.4, -0.2) is 47.4 Å². The number of thiophene rings is 1. The van der Waals surface area contributed by atoms with E-state index in [4.69, 9.17) is 5.73 Å². The maximum Gasteiger partial charge on any atom is 0.243 e. The number of hydrogen-bond donors (Lipinski definition) is 3. The Hall–Kier alpha value is -2.97. The first-order chi connectivity index (χ1) is 15.1. The lowest BCUT2D eigenvalue weighted by molar-refractivity contribution is -0.137. The maximum atomic E-state index is 12.8. The first-order valence-corrected chi connectivity index (χ1v) is 11.4. The Bertz CT molecular complexity index is 1050. The maximum absolute atomic E-state index is 12.8. The normalized spacial score (nSPS) is 16.0. The second kappa shape index (κ2) is 9.89. The third-order valence-electron chi connectivity index (χ3n) is 5.55. The molecule has 1 atom stereocenters. The quantitative estimate of drug-likeness (QED) is 0.470. The highest BCUT2D eigenvalue weighted by Crippen LogP contribution is 2.28. The molecule has 2 aromatic heterocycles. The molecule has 0 unspecified atom stereocenters. The van der Waals surface area contributed by atoms with Crippen LogP contribution in [0.5, 0.6) is 0 Å². The highest BCUT2D eigenvalue weighted by molar-refractivity contribution is 7.19. The van der Waals surface area contributed by atoms with E-state index in [2.05, 4.69) is 27.8 Å². The van der Waals surface area contributed by atoms with Crippen LogP contribution in [0.3, 0.4) is 0 Å². The molecule has 1 aliphatic heterocycles. The summed E-state index contributed by atoms with van der Waals surface area (Å²) >= 11 is 1.59. The van der Waals surface area contributed by atoms with Crippen LogP contribution in [0.25, 0.3) is 10.1 Å². The van der Waals surface area contributed by atoms with Crippen LogP contribution >= 0.6 is 11.3 Å². The monoisotopic (exact) mass is 437 g/mol. The van der Waals surface area contributed by atoms with E-state index in [1.54, 1.807) is 22.4 Å². The summed E-state index contributed by atoms with van der Waals surface area (Å²) in [5, 5.41) is 7.11. The summed E-state index contributed by atoms with van der Waals surface area (Å²) in [5.41, 5.74) is 7.15. The summed E-state index contributed by atoms with van der Waals surface area (Å²) in [6, 6.07) is 13.7. The van der Waals surface area contributed by atoms with Crippen molar-refractivity contribution in [2.45, 2.75) is 31.8 Å². The summed E-state index contributed by atoms with van der Waals surface area (Å²) in [6.07, 6.45) is 4.10. The topological polar surface area (TPSA) is 100 Å². The van der Waals surface area contributed by atoms with Gasteiger partial charge >= 0.3 is 0 Å². The van der Waals surface area contributed by atoms with E-state index >= 15 is 0 Å². The van der Waals surface area contributed by atoms with Gasteiger partial charge in [-0.3, -0.25) is 9.59 Å². The third-order valence-corrected chi connectivity index (χ3v) is 6.65. The standard InChI is InChI=1S/C23H27N5O2S/c24-22-18-13-17(31-20(18)9-11-26-22)14-27-23(30)19-7-4-12-28(19)21(29)15-25-10-8-16-5-2-1-3-6-16/h1-3,5-6,9,11,13,19,25H,4,7-8,10,12,14-15H2,(H2,24,26)(H,27,30)/t19-/m0/s1. The van der Waals surface area contributed by atoms with Crippen molar-refractivity contribution in [3.8, 4) is 0 Å². The first-order valence-electron chi connectivity index (χ1n) is 10.6. The lowest BCUT2D eigenvalue weighted by Crippen LogP contribution is -2.48. The van der Waals surface area contributed by atoms with Gasteiger partial charge in [0.05, 0.1) is 13.1 Å². The highest BCUT2D eigenvalue weighted by atomic mass is 32.1. The van der Waals surface area contributed by atoms with Crippen molar-refractivity contribution in [3.63, 3.8) is 0 Å². The molecule has 31 heavy (non-hydrogen) atoms. The van der Waals surface area contributed by atoms with Gasteiger partial charge in [-0.25, -0.2) is 4.98 Å². The molecule has 1 saturated heterocycles. The predicted octanol–water partition coefficient (Wildman–Crippen LogP) is 2.32. The predicted molar refractivity (Wildman–Crippen MR) is 124 cm³/mol. The molecule has 1 fully saturated rings. The van der Waals surface area contributed by atoms with Gasteiger partial charge in [-0.05, 0) is 43.5 Å². The van der Waals surface area contributed by atoms with E-state index in [0.717, 1.165) is 34.3 Å². The van der Waals surface area contributed by atoms with Crippen LogP contribution < -0.4 is 16.4 Å². The number of pyridine rings is 1. The second-order valence-electron chi connectivity index (χ2n) is 7.70. The Morgan fingerprint density at radius 2 is 2.06 bits per heavy atom. The molecule has 0 saturated carbocycles. The summed E-state index contributed by atoms with van der Waals surface area (Å²) in [6.45, 7) is 2.03. The molecule has 7 nitrogen and oxygen atoms in total. The molecule has 0 aliphatic carbocycles. The fraction of sp³-hybridized carbons (Fsp3) is 0.348. The number of carbonyl (C=O) groups excluding carboxylic acids is 2. The van der Waals surface area contributed by atoms with E-state index in [0.29, 0.717) is 25.3 Å². The van der Waals surface area contributed by atoms with Crippen LogP contribution in [-0.2, 0) is 22.6 Å². The molecule has 8 heteroatoms. The number of fused-ring (bicyclic) bond motifs is 1. The van der Waals surface area contributed by atoms with E-state index in [1.165, 1.54) is 5.56 Å². The number of nitrogen functional groups attached to an aromatic ring is 1. The summed E-state index contributed by atoms with van der Waals surface area (Å²) in [4.78, 5) is 32.3. The average Bonchev–Trinajstić information content (AvgIpc) is 3.44. The van der Waals surface area contributed by atoms with Gasteiger partial charge in [0.15, 0.2) is 0 Å². The lowest BCUT2D eigenvalue weighted by Gasteiger charge is -2.24. The summed E-state index contributed by atoms with van der Waals surface area (Å²) in [7, 11) is 0. The molecule has 3 aromatic rings. The Morgan fingerprint density at radius 3 is 2.87 bits per heavy atom. The van der Waals surface area contributed by atoms with Crippen molar-refractivity contribution >= 4 is 39.1 Å². The number of rotatable bonds is 8. The van der Waals surface area contributed by atoms with Crippen molar-refractivity contribution in [1.82, 2.24) is 20.5 Å². The van der Waals surface area contributed by atoms with Gasteiger partial charge in [0.1, 0.15) is 11.9 Å². The van der Waals surface area contributed by atoms with E-state index in [9.17, 15) is 9.59 Å². The molecular weight excluding hydrogens is 410 g/mol. The number of nitrogens with one attached hydrogen (secondary N) is 2. The molecule has 0 bridgehead atoms. The number of likely N-dealkylation sites (tertiary alicyclic amines) is 1. The Balaban J connectivity index is 1.26. The Labute approximate surface area is 185 Å². The molecule has 1 aliphatic rings. The van der Waals surface area contributed by atoms with Crippen molar-refractivity contribution < 1.29 is 9.59 Å². The number of anilines is 1. The number of carbonyl (C=O) groups is 2. The van der Waals surface area contributed by atoms with Crippen LogP contribution in [0.2, 0.25) is 0 Å². The number of benzene rings is 1. The fourth-order valence-corrected chi connectivity index (χ4v) is 4.93. The van der Waals surface area contributed by atoms with E-state index in [-0.39, 0.29) is 18.4 Å².